The van der Waals surface area contributed by atoms with Gasteiger partial charge in [0.2, 0.25) is 0 Å². The van der Waals surface area contributed by atoms with Crippen LogP contribution in [0.4, 0.5) is 13.6 Å². The first-order chi connectivity index (χ1) is 10.5. The number of hydrogen-bond acceptors (Lipinski definition) is 3. The molecule has 1 aliphatic rings. The molecule has 7 heteroatoms. The molecule has 1 N–H and O–H groups in total. The van der Waals surface area contributed by atoms with E-state index in [1.54, 1.807) is 18.9 Å². The van der Waals surface area contributed by atoms with Gasteiger partial charge in [-0.15, -0.1) is 0 Å². The number of benzene rings is 1. The predicted octanol–water partition coefficient (Wildman–Crippen LogP) is 2.08. The highest BCUT2D eigenvalue weighted by atomic mass is 19.2. The van der Waals surface area contributed by atoms with Gasteiger partial charge in [-0.3, -0.25) is 0 Å². The van der Waals surface area contributed by atoms with Crippen molar-refractivity contribution in [2.75, 3.05) is 33.4 Å². The molecule has 0 aliphatic carbocycles. The Morgan fingerprint density at radius 2 is 2.27 bits per heavy atom. The summed E-state index contributed by atoms with van der Waals surface area (Å²) >= 11 is 0. The lowest BCUT2D eigenvalue weighted by Gasteiger charge is -2.33. The number of nitrogens with zero attached hydrogens (tertiary/aromatic N) is 1. The average molecular weight is 314 g/mol. The number of rotatable bonds is 4. The number of amides is 2. The summed E-state index contributed by atoms with van der Waals surface area (Å²) in [5.41, 5.74) is 0.508. The van der Waals surface area contributed by atoms with Gasteiger partial charge in [0.25, 0.3) is 0 Å². The second kappa shape index (κ2) is 7.51. The first kappa shape index (κ1) is 16.6. The molecule has 1 aromatic carbocycles. The molecule has 0 aromatic heterocycles. The molecule has 5 nitrogen and oxygen atoms in total. The fourth-order valence-corrected chi connectivity index (χ4v) is 2.33. The summed E-state index contributed by atoms with van der Waals surface area (Å²) in [6.45, 7) is 3.50. The lowest BCUT2D eigenvalue weighted by molar-refractivity contribution is -0.0496. The van der Waals surface area contributed by atoms with Gasteiger partial charge >= 0.3 is 6.03 Å². The van der Waals surface area contributed by atoms with Crippen molar-refractivity contribution in [1.29, 1.82) is 0 Å². The molecule has 122 valence electrons. The third-order valence-electron chi connectivity index (χ3n) is 3.56. The van der Waals surface area contributed by atoms with Crippen LogP contribution < -0.4 is 5.32 Å². The van der Waals surface area contributed by atoms with Gasteiger partial charge in [0.1, 0.15) is 0 Å². The number of methoxy groups -OCH3 is 1. The molecule has 2 amide bonds. The minimum Gasteiger partial charge on any atom is -0.382 e. The number of carbonyl (C=O) groups is 1. The molecule has 1 heterocycles. The molecule has 0 spiro atoms. The van der Waals surface area contributed by atoms with Crippen LogP contribution in [0.5, 0.6) is 0 Å². The molecule has 2 rings (SSSR count). The summed E-state index contributed by atoms with van der Waals surface area (Å²) in [5, 5.41) is 2.78. The highest BCUT2D eigenvalue weighted by Crippen LogP contribution is 2.16. The van der Waals surface area contributed by atoms with Crippen LogP contribution in [0.2, 0.25) is 0 Å². The van der Waals surface area contributed by atoms with Gasteiger partial charge in [0.15, 0.2) is 11.6 Å². The zero-order chi connectivity index (χ0) is 16.1. The molecular formula is C15H20F2N2O3. The maximum Gasteiger partial charge on any atom is 0.318 e. The zero-order valence-electron chi connectivity index (χ0n) is 12.6. The summed E-state index contributed by atoms with van der Waals surface area (Å²) in [4.78, 5) is 13.9. The van der Waals surface area contributed by atoms with Crippen LogP contribution >= 0.6 is 0 Å². The first-order valence-electron chi connectivity index (χ1n) is 7.12. The summed E-state index contributed by atoms with van der Waals surface area (Å²) in [5.74, 6) is -1.83. The lowest BCUT2D eigenvalue weighted by atomic mass is 10.1. The normalized spacial score (nSPS) is 19.8. The smallest absolute Gasteiger partial charge is 0.318 e. The molecule has 1 fully saturated rings. The Labute approximate surface area is 128 Å². The molecular weight excluding hydrogens is 294 g/mol. The van der Waals surface area contributed by atoms with Gasteiger partial charge in [-0.1, -0.05) is 6.07 Å². The SMILES string of the molecule is COC[C@@H]1CN(C(=O)N[C@@H](C)c2ccc(F)c(F)c2)CCO1. The van der Waals surface area contributed by atoms with Crippen molar-refractivity contribution in [3.05, 3.63) is 35.4 Å². The van der Waals surface area contributed by atoms with E-state index in [-0.39, 0.29) is 12.1 Å². The van der Waals surface area contributed by atoms with Crippen molar-refractivity contribution < 1.29 is 23.0 Å². The van der Waals surface area contributed by atoms with Gasteiger partial charge in [-0.25, -0.2) is 13.6 Å². The van der Waals surface area contributed by atoms with Gasteiger partial charge in [-0.2, -0.15) is 0 Å². The van der Waals surface area contributed by atoms with Gasteiger partial charge in [-0.05, 0) is 24.6 Å². The van der Waals surface area contributed by atoms with Crippen LogP contribution in [-0.4, -0.2) is 50.4 Å². The standard InChI is InChI=1S/C15H20F2N2O3/c1-10(11-3-4-13(16)14(17)7-11)18-15(20)19-5-6-22-12(8-19)9-21-2/h3-4,7,10,12H,5-6,8-9H2,1-2H3,(H,18,20)/t10-,12-/m0/s1. The highest BCUT2D eigenvalue weighted by molar-refractivity contribution is 5.74. The molecule has 0 radical (unpaired) electrons. The summed E-state index contributed by atoms with van der Waals surface area (Å²) < 4.78 is 36.7. The van der Waals surface area contributed by atoms with E-state index in [9.17, 15) is 13.6 Å². The van der Waals surface area contributed by atoms with Crippen molar-refractivity contribution in [1.82, 2.24) is 10.2 Å². The minimum absolute atomic E-state index is 0.150. The number of ether oxygens (including phenoxy) is 2. The van der Waals surface area contributed by atoms with Crippen molar-refractivity contribution in [2.24, 2.45) is 0 Å². The molecule has 1 aliphatic heterocycles. The highest BCUT2D eigenvalue weighted by Gasteiger charge is 2.25. The van der Waals surface area contributed by atoms with E-state index in [1.165, 1.54) is 6.07 Å². The maximum absolute atomic E-state index is 13.2. The number of halogens is 2. The largest absolute Gasteiger partial charge is 0.382 e. The molecule has 0 saturated carbocycles. The van der Waals surface area contributed by atoms with E-state index in [0.29, 0.717) is 31.9 Å². The van der Waals surface area contributed by atoms with Crippen molar-refractivity contribution in [3.8, 4) is 0 Å². The Morgan fingerprint density at radius 1 is 1.50 bits per heavy atom. The van der Waals surface area contributed by atoms with Crippen molar-refractivity contribution in [3.63, 3.8) is 0 Å². The average Bonchev–Trinajstić information content (AvgIpc) is 2.50. The second-order valence-corrected chi connectivity index (χ2v) is 5.24. The second-order valence-electron chi connectivity index (χ2n) is 5.24. The van der Waals surface area contributed by atoms with E-state index in [4.69, 9.17) is 9.47 Å². The topological polar surface area (TPSA) is 50.8 Å². The Hall–Kier alpha value is -1.73. The number of urea groups is 1. The third kappa shape index (κ3) is 4.14. The lowest BCUT2D eigenvalue weighted by Crippen LogP contribution is -2.51. The van der Waals surface area contributed by atoms with E-state index in [0.717, 1.165) is 12.1 Å². The Bertz CT molecular complexity index is 526. The van der Waals surface area contributed by atoms with E-state index in [1.807, 2.05) is 0 Å². The predicted molar refractivity (Wildman–Crippen MR) is 76.5 cm³/mol. The van der Waals surface area contributed by atoms with Gasteiger partial charge in [0, 0.05) is 13.7 Å². The van der Waals surface area contributed by atoms with Crippen molar-refractivity contribution >= 4 is 6.03 Å². The van der Waals surface area contributed by atoms with Crippen LogP contribution in [0.15, 0.2) is 18.2 Å². The molecule has 1 aromatic rings. The Kier molecular flexibility index (Phi) is 5.68. The fourth-order valence-electron chi connectivity index (χ4n) is 2.33. The number of hydrogen-bond donors (Lipinski definition) is 1. The van der Waals surface area contributed by atoms with Gasteiger partial charge < -0.3 is 19.7 Å². The van der Waals surface area contributed by atoms with Crippen LogP contribution in [-0.2, 0) is 9.47 Å². The fraction of sp³-hybridized carbons (Fsp3) is 0.533. The molecule has 1 saturated heterocycles. The number of carbonyl (C=O) groups excluding carboxylic acids is 1. The van der Waals surface area contributed by atoms with Crippen molar-refractivity contribution in [2.45, 2.75) is 19.1 Å². The third-order valence-corrected chi connectivity index (χ3v) is 3.56. The number of nitrogens with one attached hydrogen (secondary N) is 1. The van der Waals surface area contributed by atoms with Crippen LogP contribution in [0, 0.1) is 11.6 Å². The van der Waals surface area contributed by atoms with Crippen LogP contribution in [0.3, 0.4) is 0 Å². The molecule has 2 atom stereocenters. The maximum atomic E-state index is 13.2. The first-order valence-corrected chi connectivity index (χ1v) is 7.12. The zero-order valence-corrected chi connectivity index (χ0v) is 12.6. The number of morpholine rings is 1. The summed E-state index contributed by atoms with van der Waals surface area (Å²) in [6.07, 6.45) is -0.150. The Balaban J connectivity index is 1.94. The molecule has 0 bridgehead atoms. The van der Waals surface area contributed by atoms with Crippen LogP contribution in [0.1, 0.15) is 18.5 Å². The van der Waals surface area contributed by atoms with Gasteiger partial charge in [0.05, 0.1) is 31.9 Å². The molecule has 0 unspecified atom stereocenters. The Morgan fingerprint density at radius 3 is 2.95 bits per heavy atom. The van der Waals surface area contributed by atoms with E-state index in [2.05, 4.69) is 5.32 Å². The summed E-state index contributed by atoms with van der Waals surface area (Å²) in [6, 6.07) is 2.91. The van der Waals surface area contributed by atoms with E-state index >= 15 is 0 Å². The summed E-state index contributed by atoms with van der Waals surface area (Å²) in [7, 11) is 1.58. The van der Waals surface area contributed by atoms with E-state index < -0.39 is 17.7 Å². The van der Waals surface area contributed by atoms with Crippen LogP contribution in [0.25, 0.3) is 0 Å². The quantitative estimate of drug-likeness (QED) is 0.926. The molecule has 22 heavy (non-hydrogen) atoms. The minimum atomic E-state index is -0.926. The monoisotopic (exact) mass is 314 g/mol.